The molecule has 2 aromatic rings. The molecule has 0 bridgehead atoms. The third-order valence-electron chi connectivity index (χ3n) is 7.23. The third-order valence-corrected chi connectivity index (χ3v) is 7.23. The highest BCUT2D eigenvalue weighted by atomic mass is 19.4. The van der Waals surface area contributed by atoms with Gasteiger partial charge in [-0.3, -0.25) is 9.69 Å². The lowest BCUT2D eigenvalue weighted by Gasteiger charge is -2.47. The summed E-state index contributed by atoms with van der Waals surface area (Å²) in [5.41, 5.74) is 6.32. The molecule has 1 amide bonds. The number of carbonyl (C=O) groups is 1. The highest BCUT2D eigenvalue weighted by Crippen LogP contribution is 2.32. The van der Waals surface area contributed by atoms with Gasteiger partial charge in [-0.15, -0.1) is 0 Å². The first kappa shape index (κ1) is 24.8. The van der Waals surface area contributed by atoms with E-state index < -0.39 is 11.7 Å². The van der Waals surface area contributed by atoms with Crippen LogP contribution >= 0.6 is 0 Å². The average molecular weight is 479 g/mol. The van der Waals surface area contributed by atoms with Crippen LogP contribution in [0, 0.1) is 5.92 Å². The van der Waals surface area contributed by atoms with Gasteiger partial charge < -0.3 is 16.4 Å². The second kappa shape index (κ2) is 10.5. The molecule has 1 aliphatic carbocycles. The van der Waals surface area contributed by atoms with Crippen LogP contribution < -0.4 is 16.4 Å². The fourth-order valence-corrected chi connectivity index (χ4v) is 5.13. The lowest BCUT2D eigenvalue weighted by Crippen LogP contribution is -2.63. The Kier molecular flexibility index (Phi) is 7.69. The highest BCUT2D eigenvalue weighted by molar-refractivity contribution is 5.82. The summed E-state index contributed by atoms with van der Waals surface area (Å²) in [6, 6.07) is 4.43. The van der Waals surface area contributed by atoms with Gasteiger partial charge in [-0.1, -0.05) is 6.92 Å². The van der Waals surface area contributed by atoms with Crippen LogP contribution in [0.3, 0.4) is 0 Å². The van der Waals surface area contributed by atoms with E-state index in [9.17, 15) is 18.0 Å². The van der Waals surface area contributed by atoms with Crippen molar-refractivity contribution in [2.75, 3.05) is 19.6 Å². The van der Waals surface area contributed by atoms with E-state index in [0.717, 1.165) is 31.6 Å². The number of nitrogens with zero attached hydrogens (tertiary/aromatic N) is 3. The molecule has 10 heteroatoms. The number of nitrogens with two attached hydrogens (primary N) is 1. The molecule has 1 unspecified atom stereocenters. The van der Waals surface area contributed by atoms with Crippen molar-refractivity contribution in [2.45, 2.75) is 69.9 Å². The molecule has 34 heavy (non-hydrogen) atoms. The van der Waals surface area contributed by atoms with Crippen molar-refractivity contribution >= 4 is 16.8 Å². The van der Waals surface area contributed by atoms with Gasteiger partial charge in [0.2, 0.25) is 5.91 Å². The summed E-state index contributed by atoms with van der Waals surface area (Å²) in [5.74, 6) is 0.507. The molecule has 186 valence electrons. The molecule has 1 atom stereocenters. The molecule has 0 radical (unpaired) electrons. The molecular formula is C24H33F3N6O. The zero-order chi connectivity index (χ0) is 24.3. The highest BCUT2D eigenvalue weighted by Gasteiger charge is 2.36. The predicted molar refractivity (Wildman–Crippen MR) is 124 cm³/mol. The van der Waals surface area contributed by atoms with Gasteiger partial charge in [-0.25, -0.2) is 9.97 Å². The van der Waals surface area contributed by atoms with Gasteiger partial charge in [0.1, 0.15) is 6.33 Å². The number of rotatable bonds is 8. The minimum absolute atomic E-state index is 0.0704. The molecule has 2 fully saturated rings. The van der Waals surface area contributed by atoms with E-state index in [2.05, 4.69) is 32.4 Å². The van der Waals surface area contributed by atoms with Crippen LogP contribution in [-0.4, -0.2) is 58.5 Å². The Morgan fingerprint density at radius 2 is 1.94 bits per heavy atom. The van der Waals surface area contributed by atoms with E-state index in [0.29, 0.717) is 34.6 Å². The molecule has 1 aromatic heterocycles. The number of hydrogen-bond acceptors (Lipinski definition) is 6. The molecule has 4 N–H and O–H groups in total. The van der Waals surface area contributed by atoms with Crippen LogP contribution in [0.25, 0.3) is 10.9 Å². The number of alkyl halides is 3. The largest absolute Gasteiger partial charge is 0.416 e. The quantitative estimate of drug-likeness (QED) is 0.540. The van der Waals surface area contributed by atoms with Gasteiger partial charge in [-0.2, -0.15) is 13.2 Å². The van der Waals surface area contributed by atoms with Gasteiger partial charge in [0.15, 0.2) is 0 Å². The van der Waals surface area contributed by atoms with E-state index in [4.69, 9.17) is 5.73 Å². The van der Waals surface area contributed by atoms with Crippen molar-refractivity contribution < 1.29 is 18.0 Å². The van der Waals surface area contributed by atoms with E-state index >= 15 is 0 Å². The maximum Gasteiger partial charge on any atom is 0.416 e. The Hall–Kier alpha value is -2.30. The number of aromatic nitrogens is 2. The van der Waals surface area contributed by atoms with Crippen LogP contribution in [-0.2, 0) is 17.5 Å². The first-order valence-corrected chi connectivity index (χ1v) is 12.0. The molecule has 1 aromatic carbocycles. The first-order valence-electron chi connectivity index (χ1n) is 12.0. The van der Waals surface area contributed by atoms with E-state index in [1.807, 2.05) is 0 Å². The van der Waals surface area contributed by atoms with Crippen molar-refractivity contribution in [3.05, 3.63) is 35.8 Å². The minimum atomic E-state index is -4.44. The number of nitrogens with one attached hydrogen (secondary N) is 2. The number of amides is 1. The minimum Gasteiger partial charge on any atom is -0.350 e. The fraction of sp³-hybridized carbons (Fsp3) is 0.625. The van der Waals surface area contributed by atoms with Crippen LogP contribution in [0.1, 0.15) is 50.3 Å². The molecule has 4 rings (SSSR count). The molecule has 0 spiro atoms. The van der Waals surface area contributed by atoms with Crippen LogP contribution in [0.2, 0.25) is 0 Å². The first-order chi connectivity index (χ1) is 16.2. The number of hydrogen-bond donors (Lipinski definition) is 3. The predicted octanol–water partition coefficient (Wildman–Crippen LogP) is 2.83. The summed E-state index contributed by atoms with van der Waals surface area (Å²) in [6.07, 6.45) is 2.61. The fourth-order valence-electron chi connectivity index (χ4n) is 5.13. The van der Waals surface area contributed by atoms with Crippen molar-refractivity contribution in [3.8, 4) is 0 Å². The summed E-state index contributed by atoms with van der Waals surface area (Å²) in [7, 11) is 0. The summed E-state index contributed by atoms with van der Waals surface area (Å²) < 4.78 is 39.2. The zero-order valence-electron chi connectivity index (χ0n) is 19.4. The molecular weight excluding hydrogens is 445 g/mol. The topological polar surface area (TPSA) is 96.2 Å². The summed E-state index contributed by atoms with van der Waals surface area (Å²) >= 11 is 0. The number of benzene rings is 1. The standard InChI is InChI=1S/C24H33F3N6O/c1-2-20(28)15-3-6-18(7-4-15)33-12-17(13-33)32-23(34)11-29-10-22-19-9-16(24(25,26)27)5-8-21(19)30-14-31-22/h5,8-9,14-15,17-18,20,29H,2-4,6-7,10-13,28H2,1H3,(H,32,34). The molecule has 2 heterocycles. The number of likely N-dealkylation sites (tertiary alicyclic amines) is 1. The summed E-state index contributed by atoms with van der Waals surface area (Å²) in [5, 5.41) is 6.35. The van der Waals surface area contributed by atoms with Crippen LogP contribution in [0.4, 0.5) is 13.2 Å². The Bertz CT molecular complexity index is 986. The average Bonchev–Trinajstić information content (AvgIpc) is 2.80. The summed E-state index contributed by atoms with van der Waals surface area (Å²) in [6.45, 7) is 4.11. The Balaban J connectivity index is 1.20. The molecule has 1 aliphatic heterocycles. The Labute approximate surface area is 197 Å². The molecule has 1 saturated heterocycles. The number of carbonyl (C=O) groups excluding carboxylic acids is 1. The van der Waals surface area contributed by atoms with Gasteiger partial charge in [-0.05, 0) is 56.2 Å². The van der Waals surface area contributed by atoms with Crippen molar-refractivity contribution in [1.82, 2.24) is 25.5 Å². The van der Waals surface area contributed by atoms with Gasteiger partial charge in [0.05, 0.1) is 29.4 Å². The lowest BCUT2D eigenvalue weighted by molar-refractivity contribution is -0.137. The Morgan fingerprint density at radius 1 is 1.21 bits per heavy atom. The maximum absolute atomic E-state index is 13.1. The number of halogens is 3. The van der Waals surface area contributed by atoms with Crippen molar-refractivity contribution in [1.29, 1.82) is 0 Å². The monoisotopic (exact) mass is 478 g/mol. The third kappa shape index (κ3) is 5.84. The molecule has 1 saturated carbocycles. The second-order valence-electron chi connectivity index (χ2n) is 9.51. The van der Waals surface area contributed by atoms with Crippen LogP contribution in [0.15, 0.2) is 24.5 Å². The van der Waals surface area contributed by atoms with Crippen molar-refractivity contribution in [3.63, 3.8) is 0 Å². The van der Waals surface area contributed by atoms with E-state index in [-0.39, 0.29) is 25.0 Å². The molecule has 7 nitrogen and oxygen atoms in total. The zero-order valence-corrected chi connectivity index (χ0v) is 19.4. The molecule has 2 aliphatic rings. The number of fused-ring (bicyclic) bond motifs is 1. The SMILES string of the molecule is CCC(N)C1CCC(N2CC(NC(=O)CNCc3ncnc4ccc(C(F)(F)F)cc34)C2)CC1. The van der Waals surface area contributed by atoms with Gasteiger partial charge in [0, 0.05) is 37.1 Å². The van der Waals surface area contributed by atoms with E-state index in [1.165, 1.54) is 38.1 Å². The van der Waals surface area contributed by atoms with Gasteiger partial charge >= 0.3 is 6.18 Å². The van der Waals surface area contributed by atoms with Crippen LogP contribution in [0.5, 0.6) is 0 Å². The van der Waals surface area contributed by atoms with E-state index in [1.54, 1.807) is 0 Å². The Morgan fingerprint density at radius 3 is 2.62 bits per heavy atom. The van der Waals surface area contributed by atoms with Gasteiger partial charge in [0.25, 0.3) is 0 Å². The summed E-state index contributed by atoms with van der Waals surface area (Å²) in [4.78, 5) is 22.9. The van der Waals surface area contributed by atoms with Crippen molar-refractivity contribution in [2.24, 2.45) is 11.7 Å². The normalized spacial score (nSPS) is 23.0. The maximum atomic E-state index is 13.1. The smallest absolute Gasteiger partial charge is 0.350 e. The second-order valence-corrected chi connectivity index (χ2v) is 9.51. The lowest BCUT2D eigenvalue weighted by atomic mass is 9.79.